The molecule has 120 valence electrons. The number of amides is 1. The summed E-state index contributed by atoms with van der Waals surface area (Å²) >= 11 is 1.56. The molecule has 1 N–H and O–H groups in total. The minimum absolute atomic E-state index is 0.0533. The number of carbonyl (C=O) groups excluding carboxylic acids is 1. The number of benzene rings is 2. The lowest BCUT2D eigenvalue weighted by Gasteiger charge is -2.10. The lowest BCUT2D eigenvalue weighted by atomic mass is 10.2. The van der Waals surface area contributed by atoms with Gasteiger partial charge in [0.2, 0.25) is 0 Å². The molecule has 0 saturated carbocycles. The molecule has 0 unspecified atom stereocenters. The van der Waals surface area contributed by atoms with Crippen LogP contribution in [0.3, 0.4) is 0 Å². The zero-order valence-corrected chi connectivity index (χ0v) is 14.0. The molecule has 0 saturated heterocycles. The van der Waals surface area contributed by atoms with Crippen LogP contribution >= 0.6 is 22.6 Å². The molecule has 4 nitrogen and oxygen atoms in total. The lowest BCUT2D eigenvalue weighted by Crippen LogP contribution is -2.13. The van der Waals surface area contributed by atoms with Gasteiger partial charge in [-0.1, -0.05) is 0 Å². The zero-order chi connectivity index (χ0) is 16.4. The fourth-order valence-corrected chi connectivity index (χ4v) is 2.45. The average molecular weight is 431 g/mol. The molecule has 3 rings (SSSR count). The Balaban J connectivity index is 1.82. The second-order valence-corrected chi connectivity index (χ2v) is 6.00. The largest absolute Gasteiger partial charge is 0.490 e. The highest BCUT2D eigenvalue weighted by Crippen LogP contribution is 2.30. The van der Waals surface area contributed by atoms with Gasteiger partial charge in [-0.15, -0.1) is 0 Å². The van der Waals surface area contributed by atoms with Crippen LogP contribution in [0.4, 0.5) is 14.5 Å². The minimum atomic E-state index is -0.723. The van der Waals surface area contributed by atoms with Gasteiger partial charge in [-0.25, -0.2) is 8.78 Å². The highest BCUT2D eigenvalue weighted by Gasteiger charge is 2.15. The van der Waals surface area contributed by atoms with E-state index < -0.39 is 17.5 Å². The van der Waals surface area contributed by atoms with Crippen LogP contribution in [0, 0.1) is 15.2 Å². The Morgan fingerprint density at radius 1 is 1.04 bits per heavy atom. The van der Waals surface area contributed by atoms with E-state index in [9.17, 15) is 13.6 Å². The molecule has 1 aliphatic rings. The lowest BCUT2D eigenvalue weighted by molar-refractivity contribution is 0.102. The number of nitrogens with one attached hydrogen (secondary N) is 1. The van der Waals surface area contributed by atoms with Crippen LogP contribution in [0.25, 0.3) is 0 Å². The standard InChI is InChI=1S/C16H12F2INO3/c17-11-7-10(8-12(18)15(11)19)20-16(21)9-2-3-13-14(6-9)23-5-1-4-22-13/h2-3,6-8H,1,4-5H2,(H,20,21). The molecule has 0 aromatic heterocycles. The van der Waals surface area contributed by atoms with Crippen LogP contribution in [-0.2, 0) is 0 Å². The fraction of sp³-hybridized carbons (Fsp3) is 0.188. The van der Waals surface area contributed by atoms with E-state index in [0.29, 0.717) is 30.3 Å². The van der Waals surface area contributed by atoms with Crippen molar-refractivity contribution in [2.45, 2.75) is 6.42 Å². The SMILES string of the molecule is O=C(Nc1cc(F)c(I)c(F)c1)c1ccc2c(c1)OCCCO2. The third-order valence-corrected chi connectivity index (χ3v) is 4.28. The number of hydrogen-bond donors (Lipinski definition) is 1. The summed E-state index contributed by atoms with van der Waals surface area (Å²) in [4.78, 5) is 12.2. The van der Waals surface area contributed by atoms with Gasteiger partial charge in [0.15, 0.2) is 11.5 Å². The number of halogens is 3. The maximum absolute atomic E-state index is 13.5. The number of carbonyl (C=O) groups is 1. The van der Waals surface area contributed by atoms with Crippen LogP contribution in [0.5, 0.6) is 11.5 Å². The van der Waals surface area contributed by atoms with Crippen LogP contribution in [0.2, 0.25) is 0 Å². The third-order valence-electron chi connectivity index (χ3n) is 3.25. The first-order valence-corrected chi connectivity index (χ1v) is 7.98. The number of hydrogen-bond acceptors (Lipinski definition) is 3. The third kappa shape index (κ3) is 3.54. The van der Waals surface area contributed by atoms with Gasteiger partial charge in [0.1, 0.15) is 11.6 Å². The van der Waals surface area contributed by atoms with Crippen molar-refractivity contribution in [3.05, 3.63) is 51.1 Å². The summed E-state index contributed by atoms with van der Waals surface area (Å²) in [6.45, 7) is 1.06. The zero-order valence-electron chi connectivity index (χ0n) is 11.9. The minimum Gasteiger partial charge on any atom is -0.490 e. The van der Waals surface area contributed by atoms with E-state index in [1.807, 2.05) is 0 Å². The maximum Gasteiger partial charge on any atom is 0.255 e. The summed E-state index contributed by atoms with van der Waals surface area (Å²) in [5.74, 6) is -0.875. The van der Waals surface area contributed by atoms with Crippen molar-refractivity contribution in [2.24, 2.45) is 0 Å². The Kier molecular flexibility index (Phi) is 4.65. The molecule has 1 amide bonds. The Morgan fingerprint density at radius 2 is 1.70 bits per heavy atom. The van der Waals surface area contributed by atoms with Crippen molar-refractivity contribution in [2.75, 3.05) is 18.5 Å². The molecule has 1 heterocycles. The molecular formula is C16H12F2INO3. The van der Waals surface area contributed by atoms with E-state index in [-0.39, 0.29) is 9.26 Å². The number of rotatable bonds is 2. The second kappa shape index (κ2) is 6.69. The predicted molar refractivity (Wildman–Crippen MR) is 89.1 cm³/mol. The van der Waals surface area contributed by atoms with Crippen molar-refractivity contribution < 1.29 is 23.0 Å². The summed E-state index contributed by atoms with van der Waals surface area (Å²) in [6, 6.07) is 6.92. The number of anilines is 1. The van der Waals surface area contributed by atoms with E-state index in [1.165, 1.54) is 0 Å². The fourth-order valence-electron chi connectivity index (χ4n) is 2.14. The molecule has 0 atom stereocenters. The highest BCUT2D eigenvalue weighted by molar-refractivity contribution is 14.1. The van der Waals surface area contributed by atoms with E-state index in [2.05, 4.69) is 5.32 Å². The van der Waals surface area contributed by atoms with Crippen LogP contribution in [-0.4, -0.2) is 19.1 Å². The van der Waals surface area contributed by atoms with Gasteiger partial charge in [0.25, 0.3) is 5.91 Å². The topological polar surface area (TPSA) is 47.6 Å². The number of fused-ring (bicyclic) bond motifs is 1. The molecule has 2 aromatic rings. The van der Waals surface area contributed by atoms with E-state index in [0.717, 1.165) is 18.6 Å². The van der Waals surface area contributed by atoms with Crippen LogP contribution < -0.4 is 14.8 Å². The maximum atomic E-state index is 13.5. The molecule has 0 aliphatic carbocycles. The second-order valence-electron chi connectivity index (χ2n) is 4.92. The summed E-state index contributed by atoms with van der Waals surface area (Å²) in [5.41, 5.74) is 0.367. The summed E-state index contributed by atoms with van der Waals surface area (Å²) < 4.78 is 37.9. The first-order chi connectivity index (χ1) is 11.0. The number of ether oxygens (including phenoxy) is 2. The summed E-state index contributed by atoms with van der Waals surface area (Å²) in [5, 5.41) is 2.47. The monoisotopic (exact) mass is 431 g/mol. The molecular weight excluding hydrogens is 419 g/mol. The van der Waals surface area contributed by atoms with Crippen LogP contribution in [0.1, 0.15) is 16.8 Å². The normalized spacial score (nSPS) is 13.3. The molecule has 0 fully saturated rings. The predicted octanol–water partition coefficient (Wildman–Crippen LogP) is 3.98. The molecule has 23 heavy (non-hydrogen) atoms. The first-order valence-electron chi connectivity index (χ1n) is 6.90. The molecule has 0 bridgehead atoms. The van der Waals surface area contributed by atoms with Crippen molar-refractivity contribution in [3.63, 3.8) is 0 Å². The molecule has 1 aliphatic heterocycles. The highest BCUT2D eigenvalue weighted by atomic mass is 127. The van der Waals surface area contributed by atoms with E-state index in [1.54, 1.807) is 40.8 Å². The van der Waals surface area contributed by atoms with E-state index >= 15 is 0 Å². The average Bonchev–Trinajstić information content (AvgIpc) is 2.77. The molecule has 0 radical (unpaired) electrons. The van der Waals surface area contributed by atoms with Gasteiger partial charge in [-0.2, -0.15) is 0 Å². The molecule has 7 heteroatoms. The van der Waals surface area contributed by atoms with Gasteiger partial charge in [-0.3, -0.25) is 4.79 Å². The molecule has 0 spiro atoms. The van der Waals surface area contributed by atoms with Gasteiger partial charge in [0, 0.05) is 17.7 Å². The summed E-state index contributed by atoms with van der Waals surface area (Å²) in [7, 11) is 0. The van der Waals surface area contributed by atoms with Crippen molar-refractivity contribution in [1.29, 1.82) is 0 Å². The van der Waals surface area contributed by atoms with Crippen molar-refractivity contribution >= 4 is 34.2 Å². The Bertz CT molecular complexity index is 744. The van der Waals surface area contributed by atoms with Gasteiger partial charge < -0.3 is 14.8 Å². The Labute approximate surface area is 144 Å². The Morgan fingerprint density at radius 3 is 2.39 bits per heavy atom. The first kappa shape index (κ1) is 16.0. The van der Waals surface area contributed by atoms with Gasteiger partial charge >= 0.3 is 0 Å². The van der Waals surface area contributed by atoms with Crippen LogP contribution in [0.15, 0.2) is 30.3 Å². The van der Waals surface area contributed by atoms with Gasteiger partial charge in [0.05, 0.1) is 16.8 Å². The molecule has 2 aromatic carbocycles. The van der Waals surface area contributed by atoms with Gasteiger partial charge in [-0.05, 0) is 52.9 Å². The van der Waals surface area contributed by atoms with Crippen molar-refractivity contribution in [1.82, 2.24) is 0 Å². The summed E-state index contributed by atoms with van der Waals surface area (Å²) in [6.07, 6.45) is 0.761. The smallest absolute Gasteiger partial charge is 0.255 e. The quantitative estimate of drug-likeness (QED) is 0.578. The van der Waals surface area contributed by atoms with Crippen molar-refractivity contribution in [3.8, 4) is 11.5 Å². The van der Waals surface area contributed by atoms with E-state index in [4.69, 9.17) is 9.47 Å². The Hall–Kier alpha value is -1.90.